The van der Waals surface area contributed by atoms with Gasteiger partial charge in [0.25, 0.3) is 5.91 Å². The average Bonchev–Trinajstić information content (AvgIpc) is 2.78. The maximum absolute atomic E-state index is 11.8. The summed E-state index contributed by atoms with van der Waals surface area (Å²) in [5.74, 6) is 0.863. The van der Waals surface area contributed by atoms with Crippen molar-refractivity contribution in [1.82, 2.24) is 20.4 Å². The molecule has 0 unspecified atom stereocenters. The molecular formula is C11H12ClN5O2. The molecule has 8 heteroatoms. The normalized spacial score (nSPS) is 10.4. The van der Waals surface area contributed by atoms with Gasteiger partial charge in [0.1, 0.15) is 11.5 Å². The van der Waals surface area contributed by atoms with E-state index in [4.69, 9.17) is 21.9 Å². The predicted molar refractivity (Wildman–Crippen MR) is 68.7 cm³/mol. The maximum Gasteiger partial charge on any atom is 0.271 e. The molecule has 0 radical (unpaired) electrons. The molecule has 0 aliphatic carbocycles. The van der Waals surface area contributed by atoms with Crippen molar-refractivity contribution in [1.29, 1.82) is 0 Å². The lowest BCUT2D eigenvalue weighted by atomic mass is 10.3. The van der Waals surface area contributed by atoms with Gasteiger partial charge in [0.2, 0.25) is 5.89 Å². The highest BCUT2D eigenvalue weighted by molar-refractivity contribution is 6.33. The Morgan fingerprint density at radius 3 is 2.95 bits per heavy atom. The Morgan fingerprint density at radius 2 is 2.26 bits per heavy atom. The number of carbonyl (C=O) groups excluding carboxylic acids is 1. The van der Waals surface area contributed by atoms with Crippen LogP contribution in [0.25, 0.3) is 0 Å². The lowest BCUT2D eigenvalue weighted by molar-refractivity contribution is 0.0948. The summed E-state index contributed by atoms with van der Waals surface area (Å²) in [6.45, 7) is 2.06. The van der Waals surface area contributed by atoms with E-state index in [1.807, 2.05) is 0 Å². The Bertz CT molecular complexity index is 599. The fourth-order valence-corrected chi connectivity index (χ4v) is 1.62. The molecule has 2 aromatic rings. The molecule has 0 aromatic carbocycles. The maximum atomic E-state index is 11.8. The van der Waals surface area contributed by atoms with E-state index in [1.54, 1.807) is 6.92 Å². The zero-order valence-electron chi connectivity index (χ0n) is 10.2. The molecule has 1 amide bonds. The van der Waals surface area contributed by atoms with Gasteiger partial charge < -0.3 is 15.6 Å². The number of halogens is 1. The summed E-state index contributed by atoms with van der Waals surface area (Å²) in [7, 11) is 0. The van der Waals surface area contributed by atoms with Crippen molar-refractivity contribution in [2.45, 2.75) is 13.3 Å². The quantitative estimate of drug-likeness (QED) is 0.865. The van der Waals surface area contributed by atoms with Crippen LogP contribution in [-0.4, -0.2) is 27.6 Å². The molecule has 2 aromatic heterocycles. The van der Waals surface area contributed by atoms with Crippen molar-refractivity contribution in [2.24, 2.45) is 0 Å². The molecule has 2 heterocycles. The lowest BCUT2D eigenvalue weighted by Gasteiger charge is -2.05. The molecule has 0 atom stereocenters. The van der Waals surface area contributed by atoms with Crippen molar-refractivity contribution >= 4 is 23.3 Å². The first-order chi connectivity index (χ1) is 9.06. The van der Waals surface area contributed by atoms with Crippen LogP contribution in [-0.2, 0) is 6.42 Å². The van der Waals surface area contributed by atoms with Crippen molar-refractivity contribution in [3.05, 3.63) is 34.6 Å². The Kier molecular flexibility index (Phi) is 3.96. The molecule has 100 valence electrons. The van der Waals surface area contributed by atoms with E-state index in [0.717, 1.165) is 0 Å². The first-order valence-electron chi connectivity index (χ1n) is 5.55. The fraction of sp³-hybridized carbons (Fsp3) is 0.273. The van der Waals surface area contributed by atoms with E-state index in [0.29, 0.717) is 24.7 Å². The number of aryl methyl sites for hydroxylation is 1. The van der Waals surface area contributed by atoms with E-state index in [2.05, 4.69) is 20.4 Å². The molecular weight excluding hydrogens is 270 g/mol. The lowest BCUT2D eigenvalue weighted by Crippen LogP contribution is -2.27. The highest BCUT2D eigenvalue weighted by Gasteiger charge is 2.12. The molecule has 2 rings (SSSR count). The molecule has 0 spiro atoms. The third-order valence-corrected chi connectivity index (χ3v) is 2.58. The first kappa shape index (κ1) is 13.3. The van der Waals surface area contributed by atoms with E-state index in [9.17, 15) is 4.79 Å². The molecule has 0 saturated heterocycles. The van der Waals surface area contributed by atoms with E-state index in [1.165, 1.54) is 12.1 Å². The molecule has 0 fully saturated rings. The minimum absolute atomic E-state index is 0.100. The van der Waals surface area contributed by atoms with Crippen LogP contribution in [0.5, 0.6) is 0 Å². The van der Waals surface area contributed by atoms with Crippen molar-refractivity contribution in [3.63, 3.8) is 0 Å². The van der Waals surface area contributed by atoms with Gasteiger partial charge >= 0.3 is 0 Å². The second-order valence-electron chi connectivity index (χ2n) is 3.81. The fourth-order valence-electron chi connectivity index (χ4n) is 1.42. The number of anilines is 1. The van der Waals surface area contributed by atoms with Crippen LogP contribution in [0.1, 0.15) is 22.2 Å². The monoisotopic (exact) mass is 281 g/mol. The summed E-state index contributed by atoms with van der Waals surface area (Å²) < 4.78 is 4.92. The zero-order valence-corrected chi connectivity index (χ0v) is 10.9. The van der Waals surface area contributed by atoms with Crippen LogP contribution >= 0.6 is 11.6 Å². The van der Waals surface area contributed by atoms with Gasteiger partial charge in [-0.25, -0.2) is 4.98 Å². The SMILES string of the molecule is Cc1noc(CCNC(=O)c2nc(N)ccc2Cl)n1. The van der Waals surface area contributed by atoms with Crippen LogP contribution in [0, 0.1) is 6.92 Å². The summed E-state index contributed by atoms with van der Waals surface area (Å²) in [5, 5.41) is 6.56. The van der Waals surface area contributed by atoms with Gasteiger partial charge in [-0.15, -0.1) is 0 Å². The minimum Gasteiger partial charge on any atom is -0.384 e. The Morgan fingerprint density at radius 1 is 1.47 bits per heavy atom. The summed E-state index contributed by atoms with van der Waals surface area (Å²) in [6, 6.07) is 3.06. The van der Waals surface area contributed by atoms with Gasteiger partial charge in [0.05, 0.1) is 5.02 Å². The predicted octanol–water partition coefficient (Wildman–Crippen LogP) is 0.981. The third-order valence-electron chi connectivity index (χ3n) is 2.28. The van der Waals surface area contributed by atoms with Crippen LogP contribution < -0.4 is 11.1 Å². The standard InChI is InChI=1S/C11H12ClN5O2/c1-6-15-9(19-17-6)4-5-14-11(18)10-7(12)2-3-8(13)16-10/h2-3H,4-5H2,1H3,(H2,13,16)(H,14,18). The molecule has 0 aliphatic rings. The largest absolute Gasteiger partial charge is 0.384 e. The second-order valence-corrected chi connectivity index (χ2v) is 4.21. The average molecular weight is 282 g/mol. The van der Waals surface area contributed by atoms with Gasteiger partial charge in [-0.1, -0.05) is 16.8 Å². The van der Waals surface area contributed by atoms with Crippen molar-refractivity contribution in [3.8, 4) is 0 Å². The van der Waals surface area contributed by atoms with Crippen molar-refractivity contribution in [2.75, 3.05) is 12.3 Å². The number of nitrogens with two attached hydrogens (primary N) is 1. The van der Waals surface area contributed by atoms with E-state index < -0.39 is 5.91 Å². The van der Waals surface area contributed by atoms with Crippen molar-refractivity contribution < 1.29 is 9.32 Å². The summed E-state index contributed by atoms with van der Waals surface area (Å²) >= 11 is 5.87. The zero-order chi connectivity index (χ0) is 13.8. The van der Waals surface area contributed by atoms with Crippen LogP contribution in [0.2, 0.25) is 5.02 Å². The number of pyridine rings is 1. The first-order valence-corrected chi connectivity index (χ1v) is 5.93. The highest BCUT2D eigenvalue weighted by atomic mass is 35.5. The summed E-state index contributed by atoms with van der Waals surface area (Å²) in [4.78, 5) is 19.7. The number of amides is 1. The molecule has 0 bridgehead atoms. The number of hydrogen-bond donors (Lipinski definition) is 2. The third kappa shape index (κ3) is 3.41. The number of hydrogen-bond acceptors (Lipinski definition) is 6. The Hall–Kier alpha value is -2.15. The second kappa shape index (κ2) is 5.66. The number of nitrogen functional groups attached to an aromatic ring is 1. The topological polar surface area (TPSA) is 107 Å². The molecule has 0 saturated carbocycles. The number of nitrogens with one attached hydrogen (secondary N) is 1. The van der Waals surface area contributed by atoms with Crippen LogP contribution in [0.15, 0.2) is 16.7 Å². The number of carbonyl (C=O) groups is 1. The van der Waals surface area contributed by atoms with Gasteiger partial charge in [-0.2, -0.15) is 4.98 Å². The number of aromatic nitrogens is 3. The van der Waals surface area contributed by atoms with E-state index in [-0.39, 0.29) is 16.5 Å². The Balaban J connectivity index is 1.92. The summed E-state index contributed by atoms with van der Waals surface area (Å²) in [6.07, 6.45) is 0.437. The van der Waals surface area contributed by atoms with Crippen LogP contribution in [0.3, 0.4) is 0 Å². The van der Waals surface area contributed by atoms with Crippen LogP contribution in [0.4, 0.5) is 5.82 Å². The minimum atomic E-state index is -0.395. The molecule has 19 heavy (non-hydrogen) atoms. The smallest absolute Gasteiger partial charge is 0.271 e. The van der Waals surface area contributed by atoms with Gasteiger partial charge in [0.15, 0.2) is 5.82 Å². The molecule has 3 N–H and O–H groups in total. The molecule has 0 aliphatic heterocycles. The summed E-state index contributed by atoms with van der Waals surface area (Å²) in [5.41, 5.74) is 5.61. The number of nitrogens with zero attached hydrogens (tertiary/aromatic N) is 3. The van der Waals surface area contributed by atoms with E-state index >= 15 is 0 Å². The number of rotatable bonds is 4. The highest BCUT2D eigenvalue weighted by Crippen LogP contribution is 2.14. The van der Waals surface area contributed by atoms with Gasteiger partial charge in [-0.05, 0) is 19.1 Å². The van der Waals surface area contributed by atoms with Gasteiger partial charge in [0, 0.05) is 13.0 Å². The Labute approximate surface area is 114 Å². The molecule has 7 nitrogen and oxygen atoms in total. The van der Waals surface area contributed by atoms with Gasteiger partial charge in [-0.3, -0.25) is 4.79 Å².